The van der Waals surface area contributed by atoms with Crippen molar-refractivity contribution in [2.45, 2.75) is 46.3 Å². The second kappa shape index (κ2) is 8.79. The van der Waals surface area contributed by atoms with Crippen molar-refractivity contribution in [2.24, 2.45) is 0 Å². The number of hydrogen-bond acceptors (Lipinski definition) is 5. The average molecular weight is 354 g/mol. The minimum atomic E-state index is -1.16. The predicted molar refractivity (Wildman–Crippen MR) is 95.3 cm³/mol. The highest BCUT2D eigenvalue weighted by Crippen LogP contribution is 2.20. The Hall–Kier alpha value is -1.93. The summed E-state index contributed by atoms with van der Waals surface area (Å²) in [6.45, 7) is 11.5. The van der Waals surface area contributed by atoms with Gasteiger partial charge in [-0.25, -0.2) is 4.79 Å². The van der Waals surface area contributed by atoms with Crippen molar-refractivity contribution >= 4 is 20.1 Å². The molecule has 0 amide bonds. The first-order valence-electron chi connectivity index (χ1n) is 7.92. The highest BCUT2D eigenvalue weighted by Gasteiger charge is 2.20. The van der Waals surface area contributed by atoms with Crippen LogP contribution >= 0.6 is 0 Å². The molecule has 1 aromatic rings. The Bertz CT molecular complexity index is 617. The van der Waals surface area contributed by atoms with Gasteiger partial charge < -0.3 is 14.0 Å². The fourth-order valence-electron chi connectivity index (χ4n) is 2.09. The number of nitrogens with zero attached hydrogens (tertiary/aromatic N) is 2. The van der Waals surface area contributed by atoms with Crippen molar-refractivity contribution in [1.29, 1.82) is 0 Å². The normalized spacial score (nSPS) is 11.9. The third kappa shape index (κ3) is 6.29. The number of rotatable bonds is 9. The number of ether oxygens (including phenoxy) is 2. The zero-order chi connectivity index (χ0) is 18.3. The number of carbonyl (C=O) groups is 1. The predicted octanol–water partition coefficient (Wildman–Crippen LogP) is 3.53. The van der Waals surface area contributed by atoms with Crippen LogP contribution in [0.1, 0.15) is 28.5 Å². The smallest absolute Gasteiger partial charge is 0.340 e. The largest absolute Gasteiger partial charge is 0.462 e. The van der Waals surface area contributed by atoms with E-state index in [0.29, 0.717) is 30.2 Å². The summed E-state index contributed by atoms with van der Waals surface area (Å²) >= 11 is 0. The molecule has 0 aliphatic heterocycles. The third-order valence-electron chi connectivity index (χ3n) is 3.46. The Labute approximate surface area is 143 Å². The zero-order valence-corrected chi connectivity index (χ0v) is 16.0. The molecule has 0 radical (unpaired) electrons. The van der Waals surface area contributed by atoms with E-state index in [-0.39, 0.29) is 6.61 Å². The van der Waals surface area contributed by atoms with E-state index < -0.39 is 19.0 Å². The standard InChI is InChI=1S/C16H26N2O5Si/c1-6-23-16(19)15-13(2)17(11-14(15)7-8-18(20)21)12-22-9-10-24(3,4)5/h7-8,11H,6,9-10,12H2,1-5H3/b8-7+. The lowest BCUT2D eigenvalue weighted by molar-refractivity contribution is -0.400. The molecule has 0 spiro atoms. The van der Waals surface area contributed by atoms with E-state index in [4.69, 9.17) is 9.47 Å². The van der Waals surface area contributed by atoms with Crippen LogP contribution in [0.5, 0.6) is 0 Å². The quantitative estimate of drug-likeness (QED) is 0.223. The lowest BCUT2D eigenvalue weighted by atomic mass is 10.1. The molecular formula is C16H26N2O5Si. The lowest BCUT2D eigenvalue weighted by Gasteiger charge is -2.16. The summed E-state index contributed by atoms with van der Waals surface area (Å²) < 4.78 is 12.5. The number of aromatic nitrogens is 1. The fourth-order valence-corrected chi connectivity index (χ4v) is 2.85. The molecule has 7 nitrogen and oxygen atoms in total. The number of carbonyl (C=O) groups excluding carboxylic acids is 1. The summed E-state index contributed by atoms with van der Waals surface area (Å²) in [5, 5.41) is 10.6. The van der Waals surface area contributed by atoms with Crippen LogP contribution in [0.2, 0.25) is 25.7 Å². The second-order valence-corrected chi connectivity index (χ2v) is 12.3. The molecule has 0 aromatic carbocycles. The highest BCUT2D eigenvalue weighted by molar-refractivity contribution is 6.76. The third-order valence-corrected chi connectivity index (χ3v) is 5.16. The molecule has 0 atom stereocenters. The molecule has 0 saturated carbocycles. The summed E-state index contributed by atoms with van der Waals surface area (Å²) in [6, 6.07) is 1.05. The van der Waals surface area contributed by atoms with E-state index in [1.807, 2.05) is 0 Å². The Kier molecular flexibility index (Phi) is 7.37. The van der Waals surface area contributed by atoms with Crippen molar-refractivity contribution in [1.82, 2.24) is 4.57 Å². The minimum absolute atomic E-state index is 0.245. The molecule has 1 aromatic heterocycles. The monoisotopic (exact) mass is 354 g/mol. The first-order chi connectivity index (χ1) is 11.2. The maximum Gasteiger partial charge on any atom is 0.340 e. The second-order valence-electron chi connectivity index (χ2n) is 6.68. The van der Waals surface area contributed by atoms with Crippen LogP contribution in [0, 0.1) is 17.0 Å². The average Bonchev–Trinajstić information content (AvgIpc) is 2.77. The van der Waals surface area contributed by atoms with Crippen molar-refractivity contribution in [2.75, 3.05) is 13.2 Å². The van der Waals surface area contributed by atoms with Gasteiger partial charge >= 0.3 is 5.97 Å². The van der Waals surface area contributed by atoms with Crippen LogP contribution < -0.4 is 0 Å². The Morgan fingerprint density at radius 3 is 2.62 bits per heavy atom. The van der Waals surface area contributed by atoms with Crippen molar-refractivity contribution in [3.05, 3.63) is 39.3 Å². The molecule has 0 bridgehead atoms. The molecular weight excluding hydrogens is 328 g/mol. The SMILES string of the molecule is CCOC(=O)c1c(/C=C/[N+](=O)[O-])cn(COCC[Si](C)(C)C)c1C. The van der Waals surface area contributed by atoms with Crippen LogP contribution in [0.15, 0.2) is 12.4 Å². The van der Waals surface area contributed by atoms with Crippen LogP contribution in [-0.4, -0.2) is 36.7 Å². The fraction of sp³-hybridized carbons (Fsp3) is 0.562. The van der Waals surface area contributed by atoms with Gasteiger partial charge in [0.25, 0.3) is 0 Å². The van der Waals surface area contributed by atoms with E-state index in [0.717, 1.165) is 12.2 Å². The van der Waals surface area contributed by atoms with E-state index in [2.05, 4.69) is 19.6 Å². The summed E-state index contributed by atoms with van der Waals surface area (Å²) in [7, 11) is -1.16. The molecule has 1 rings (SSSR count). The molecule has 24 heavy (non-hydrogen) atoms. The molecule has 8 heteroatoms. The molecule has 0 unspecified atom stereocenters. The molecule has 1 heterocycles. The van der Waals surface area contributed by atoms with Gasteiger partial charge in [0, 0.05) is 38.2 Å². The number of nitro groups is 1. The lowest BCUT2D eigenvalue weighted by Crippen LogP contribution is -2.22. The summed E-state index contributed by atoms with van der Waals surface area (Å²) in [4.78, 5) is 22.1. The maximum absolute atomic E-state index is 12.1. The Balaban J connectivity index is 2.95. The zero-order valence-electron chi connectivity index (χ0n) is 15.0. The van der Waals surface area contributed by atoms with Crippen molar-refractivity contribution < 1.29 is 19.2 Å². The van der Waals surface area contributed by atoms with E-state index in [1.165, 1.54) is 6.08 Å². The van der Waals surface area contributed by atoms with Crippen molar-refractivity contribution in [3.8, 4) is 0 Å². The highest BCUT2D eigenvalue weighted by atomic mass is 28.3. The summed E-state index contributed by atoms with van der Waals surface area (Å²) in [6.07, 6.45) is 3.79. The first-order valence-corrected chi connectivity index (χ1v) is 11.6. The van der Waals surface area contributed by atoms with Gasteiger partial charge in [0.2, 0.25) is 6.20 Å². The molecule has 0 saturated heterocycles. The molecule has 0 aliphatic rings. The van der Waals surface area contributed by atoms with Gasteiger partial charge in [-0.05, 0) is 19.9 Å². The van der Waals surface area contributed by atoms with Crippen LogP contribution in [0.25, 0.3) is 6.08 Å². The Morgan fingerprint density at radius 1 is 1.42 bits per heavy atom. The van der Waals surface area contributed by atoms with Gasteiger partial charge in [-0.1, -0.05) is 19.6 Å². The van der Waals surface area contributed by atoms with Gasteiger partial charge in [-0.3, -0.25) is 10.1 Å². The van der Waals surface area contributed by atoms with Crippen LogP contribution in [-0.2, 0) is 16.2 Å². The van der Waals surface area contributed by atoms with Crippen LogP contribution in [0.4, 0.5) is 0 Å². The maximum atomic E-state index is 12.1. The minimum Gasteiger partial charge on any atom is -0.462 e. The molecule has 0 N–H and O–H groups in total. The van der Waals surface area contributed by atoms with E-state index in [9.17, 15) is 14.9 Å². The molecule has 134 valence electrons. The van der Waals surface area contributed by atoms with Crippen molar-refractivity contribution in [3.63, 3.8) is 0 Å². The molecule has 0 fully saturated rings. The number of esters is 1. The van der Waals surface area contributed by atoms with Crippen LogP contribution in [0.3, 0.4) is 0 Å². The van der Waals surface area contributed by atoms with Gasteiger partial charge in [0.05, 0.1) is 17.1 Å². The summed E-state index contributed by atoms with van der Waals surface area (Å²) in [5.41, 5.74) is 1.46. The molecule has 0 aliphatic carbocycles. The topological polar surface area (TPSA) is 83.6 Å². The van der Waals surface area contributed by atoms with Gasteiger partial charge in [-0.15, -0.1) is 0 Å². The van der Waals surface area contributed by atoms with Gasteiger partial charge in [-0.2, -0.15) is 0 Å². The number of hydrogen-bond donors (Lipinski definition) is 0. The van der Waals surface area contributed by atoms with Gasteiger partial charge in [0.15, 0.2) is 0 Å². The van der Waals surface area contributed by atoms with E-state index in [1.54, 1.807) is 24.6 Å². The van der Waals surface area contributed by atoms with Gasteiger partial charge in [0.1, 0.15) is 6.73 Å². The van der Waals surface area contributed by atoms with E-state index >= 15 is 0 Å². The summed E-state index contributed by atoms with van der Waals surface area (Å²) in [5.74, 6) is -0.487. The Morgan fingerprint density at radius 2 is 2.08 bits per heavy atom. The first kappa shape index (κ1) is 20.1.